The second-order valence-corrected chi connectivity index (χ2v) is 5.87. The van der Waals surface area contributed by atoms with Crippen molar-refractivity contribution in [1.82, 2.24) is 0 Å². The molecule has 0 spiro atoms. The lowest BCUT2D eigenvalue weighted by atomic mass is 9.84. The minimum Gasteiger partial charge on any atom is -0.380 e. The van der Waals surface area contributed by atoms with Crippen LogP contribution in [0.5, 0.6) is 0 Å². The lowest BCUT2D eigenvalue weighted by Gasteiger charge is -2.29. The van der Waals surface area contributed by atoms with Crippen molar-refractivity contribution in [2.75, 3.05) is 5.32 Å². The molecular formula is C14H18BrF2N. The Morgan fingerprint density at radius 3 is 2.44 bits per heavy atom. The van der Waals surface area contributed by atoms with Gasteiger partial charge in [0.1, 0.15) is 11.6 Å². The number of halogens is 3. The predicted octanol–water partition coefficient (Wildman–Crippen LogP) is 5.11. The molecule has 1 aliphatic carbocycles. The number of anilines is 1. The van der Waals surface area contributed by atoms with E-state index in [9.17, 15) is 8.78 Å². The predicted molar refractivity (Wildman–Crippen MR) is 73.7 cm³/mol. The molecule has 18 heavy (non-hydrogen) atoms. The van der Waals surface area contributed by atoms with Crippen LogP contribution in [0.4, 0.5) is 14.5 Å². The minimum atomic E-state index is -0.562. The standard InChI is InChI=1S/C14H18BrF2N/c1-2-9-3-5-10(6-4-9)18-14-7-11(15)12(16)8-13(14)17/h7-10,18H,2-6H2,1H3. The third-order valence-corrected chi connectivity index (χ3v) is 4.40. The van der Waals surface area contributed by atoms with E-state index < -0.39 is 11.6 Å². The summed E-state index contributed by atoms with van der Waals surface area (Å²) in [5.74, 6) is -0.270. The van der Waals surface area contributed by atoms with Crippen LogP contribution < -0.4 is 5.32 Å². The second kappa shape index (κ2) is 6.00. The molecule has 2 rings (SSSR count). The first-order valence-electron chi connectivity index (χ1n) is 6.51. The van der Waals surface area contributed by atoms with Crippen molar-refractivity contribution in [1.29, 1.82) is 0 Å². The molecule has 0 radical (unpaired) electrons. The van der Waals surface area contributed by atoms with Crippen LogP contribution in [0.1, 0.15) is 39.0 Å². The van der Waals surface area contributed by atoms with Crippen LogP contribution in [-0.2, 0) is 0 Å². The maximum Gasteiger partial charge on any atom is 0.149 e. The topological polar surface area (TPSA) is 12.0 Å². The maximum atomic E-state index is 13.6. The van der Waals surface area contributed by atoms with E-state index in [1.165, 1.54) is 25.3 Å². The molecule has 1 N–H and O–H groups in total. The van der Waals surface area contributed by atoms with E-state index in [1.807, 2.05) is 0 Å². The van der Waals surface area contributed by atoms with Crippen LogP contribution >= 0.6 is 15.9 Å². The lowest BCUT2D eigenvalue weighted by molar-refractivity contribution is 0.329. The van der Waals surface area contributed by atoms with E-state index in [1.54, 1.807) is 0 Å². The summed E-state index contributed by atoms with van der Waals surface area (Å²) >= 11 is 3.08. The normalized spacial score (nSPS) is 24.0. The lowest BCUT2D eigenvalue weighted by Crippen LogP contribution is -2.26. The molecule has 1 saturated carbocycles. The van der Waals surface area contributed by atoms with Crippen LogP contribution in [0.15, 0.2) is 16.6 Å². The molecule has 0 unspecified atom stereocenters. The molecule has 0 heterocycles. The number of nitrogens with one attached hydrogen (secondary N) is 1. The number of benzene rings is 1. The van der Waals surface area contributed by atoms with Gasteiger partial charge in [0.05, 0.1) is 10.2 Å². The number of hydrogen-bond donors (Lipinski definition) is 1. The van der Waals surface area contributed by atoms with Crippen LogP contribution in [0, 0.1) is 17.6 Å². The summed E-state index contributed by atoms with van der Waals surface area (Å²) in [6.07, 6.45) is 5.74. The van der Waals surface area contributed by atoms with Crippen molar-refractivity contribution < 1.29 is 8.78 Å². The monoisotopic (exact) mass is 317 g/mol. The van der Waals surface area contributed by atoms with Gasteiger partial charge in [-0.15, -0.1) is 0 Å². The molecule has 100 valence electrons. The highest BCUT2D eigenvalue weighted by Crippen LogP contribution is 2.30. The number of hydrogen-bond acceptors (Lipinski definition) is 1. The Labute approximate surface area is 115 Å². The zero-order valence-corrected chi connectivity index (χ0v) is 12.1. The van der Waals surface area contributed by atoms with E-state index in [4.69, 9.17) is 0 Å². The fourth-order valence-corrected chi connectivity index (χ4v) is 2.91. The SMILES string of the molecule is CCC1CCC(Nc2cc(Br)c(F)cc2F)CC1. The molecule has 0 amide bonds. The van der Waals surface area contributed by atoms with E-state index in [0.29, 0.717) is 16.2 Å². The molecule has 1 aliphatic rings. The van der Waals surface area contributed by atoms with Crippen LogP contribution in [-0.4, -0.2) is 6.04 Å². The third kappa shape index (κ3) is 3.22. The first kappa shape index (κ1) is 13.8. The molecule has 0 aliphatic heterocycles. The Morgan fingerprint density at radius 2 is 1.83 bits per heavy atom. The molecule has 0 saturated heterocycles. The van der Waals surface area contributed by atoms with Gasteiger partial charge in [-0.05, 0) is 53.6 Å². The Morgan fingerprint density at radius 1 is 1.17 bits per heavy atom. The highest BCUT2D eigenvalue weighted by molar-refractivity contribution is 9.10. The van der Waals surface area contributed by atoms with Gasteiger partial charge in [-0.3, -0.25) is 0 Å². The Kier molecular flexibility index (Phi) is 4.60. The molecule has 1 nitrogen and oxygen atoms in total. The van der Waals surface area contributed by atoms with Gasteiger partial charge in [-0.25, -0.2) is 8.78 Å². The minimum absolute atomic E-state index is 0.300. The van der Waals surface area contributed by atoms with Crippen molar-refractivity contribution in [3.05, 3.63) is 28.2 Å². The van der Waals surface area contributed by atoms with Gasteiger partial charge in [0.15, 0.2) is 0 Å². The molecule has 0 atom stereocenters. The molecular weight excluding hydrogens is 300 g/mol. The molecule has 0 aromatic heterocycles. The summed E-state index contributed by atoms with van der Waals surface area (Å²) < 4.78 is 27.0. The summed E-state index contributed by atoms with van der Waals surface area (Å²) in [6, 6.07) is 2.71. The van der Waals surface area contributed by atoms with E-state index in [0.717, 1.165) is 24.8 Å². The van der Waals surface area contributed by atoms with Crippen molar-refractivity contribution >= 4 is 21.6 Å². The molecule has 1 fully saturated rings. The molecule has 1 aromatic rings. The first-order chi connectivity index (χ1) is 8.60. The molecule has 1 aromatic carbocycles. The van der Waals surface area contributed by atoms with Gasteiger partial charge in [-0.1, -0.05) is 13.3 Å². The summed E-state index contributed by atoms with van der Waals surface area (Å²) in [5, 5.41) is 3.19. The van der Waals surface area contributed by atoms with E-state index >= 15 is 0 Å². The highest BCUT2D eigenvalue weighted by Gasteiger charge is 2.21. The van der Waals surface area contributed by atoms with Crippen molar-refractivity contribution in [2.24, 2.45) is 5.92 Å². The fourth-order valence-electron chi connectivity index (χ4n) is 2.57. The Hall–Kier alpha value is -0.640. The zero-order valence-electron chi connectivity index (χ0n) is 10.5. The smallest absolute Gasteiger partial charge is 0.149 e. The van der Waals surface area contributed by atoms with Crippen LogP contribution in [0.3, 0.4) is 0 Å². The van der Waals surface area contributed by atoms with Crippen molar-refractivity contribution in [2.45, 2.75) is 45.1 Å². The van der Waals surface area contributed by atoms with Gasteiger partial charge in [-0.2, -0.15) is 0 Å². The fraction of sp³-hybridized carbons (Fsp3) is 0.571. The largest absolute Gasteiger partial charge is 0.380 e. The summed E-state index contributed by atoms with van der Waals surface area (Å²) in [4.78, 5) is 0. The Balaban J connectivity index is 2.00. The summed E-state index contributed by atoms with van der Waals surface area (Å²) in [6.45, 7) is 2.22. The highest BCUT2D eigenvalue weighted by atomic mass is 79.9. The third-order valence-electron chi connectivity index (χ3n) is 3.79. The average molecular weight is 318 g/mol. The van der Waals surface area contributed by atoms with Gasteiger partial charge < -0.3 is 5.32 Å². The zero-order chi connectivity index (χ0) is 13.1. The molecule has 4 heteroatoms. The van der Waals surface area contributed by atoms with Gasteiger partial charge >= 0.3 is 0 Å². The average Bonchev–Trinajstić information content (AvgIpc) is 2.37. The van der Waals surface area contributed by atoms with E-state index in [-0.39, 0.29) is 0 Å². The maximum absolute atomic E-state index is 13.6. The van der Waals surface area contributed by atoms with Crippen LogP contribution in [0.2, 0.25) is 0 Å². The first-order valence-corrected chi connectivity index (χ1v) is 7.30. The van der Waals surface area contributed by atoms with E-state index in [2.05, 4.69) is 28.2 Å². The Bertz CT molecular complexity index is 415. The number of rotatable bonds is 3. The van der Waals surface area contributed by atoms with Crippen LogP contribution in [0.25, 0.3) is 0 Å². The quantitative estimate of drug-likeness (QED) is 0.764. The van der Waals surface area contributed by atoms with Gasteiger partial charge in [0.2, 0.25) is 0 Å². The van der Waals surface area contributed by atoms with Gasteiger partial charge in [0, 0.05) is 12.1 Å². The van der Waals surface area contributed by atoms with Crippen molar-refractivity contribution in [3.63, 3.8) is 0 Å². The van der Waals surface area contributed by atoms with Crippen molar-refractivity contribution in [3.8, 4) is 0 Å². The summed E-state index contributed by atoms with van der Waals surface area (Å²) in [5.41, 5.74) is 0.392. The second-order valence-electron chi connectivity index (χ2n) is 5.02. The summed E-state index contributed by atoms with van der Waals surface area (Å²) in [7, 11) is 0. The van der Waals surface area contributed by atoms with Gasteiger partial charge in [0.25, 0.3) is 0 Å². The molecule has 0 bridgehead atoms.